The summed E-state index contributed by atoms with van der Waals surface area (Å²) in [5.74, 6) is 1.12. The molecule has 0 N–H and O–H groups in total. The number of halogens is 1. The standard InChI is InChI=1S/C14H20BrNO4/c1-18-7-6-16(5-4-15)14(17)11-8-12(19-2)10-13(9-11)20-3/h8-10H,4-7H2,1-3H3. The zero-order valence-electron chi connectivity index (χ0n) is 12.0. The van der Waals surface area contributed by atoms with Gasteiger partial charge in [-0.15, -0.1) is 0 Å². The fraction of sp³-hybridized carbons (Fsp3) is 0.500. The Labute approximate surface area is 127 Å². The SMILES string of the molecule is COCCN(CCBr)C(=O)c1cc(OC)cc(OC)c1. The summed E-state index contributed by atoms with van der Waals surface area (Å²) in [5, 5.41) is 0.712. The molecule has 0 bridgehead atoms. The Balaban J connectivity index is 2.97. The van der Waals surface area contributed by atoms with Gasteiger partial charge in [0.1, 0.15) is 11.5 Å². The van der Waals surface area contributed by atoms with Gasteiger partial charge < -0.3 is 19.1 Å². The van der Waals surface area contributed by atoms with Crippen LogP contribution in [0.25, 0.3) is 0 Å². The number of ether oxygens (including phenoxy) is 3. The first-order chi connectivity index (χ1) is 9.65. The maximum absolute atomic E-state index is 12.5. The van der Waals surface area contributed by atoms with Gasteiger partial charge in [0.25, 0.3) is 5.91 Å². The third-order valence-electron chi connectivity index (χ3n) is 2.81. The van der Waals surface area contributed by atoms with Gasteiger partial charge in [-0.1, -0.05) is 15.9 Å². The lowest BCUT2D eigenvalue weighted by Crippen LogP contribution is -2.35. The first-order valence-corrected chi connectivity index (χ1v) is 7.35. The van der Waals surface area contributed by atoms with E-state index >= 15 is 0 Å². The fourth-order valence-corrected chi connectivity index (χ4v) is 2.16. The molecule has 1 aromatic rings. The van der Waals surface area contributed by atoms with Gasteiger partial charge in [0, 0.05) is 37.2 Å². The summed E-state index contributed by atoms with van der Waals surface area (Å²) in [6, 6.07) is 5.15. The maximum Gasteiger partial charge on any atom is 0.254 e. The molecule has 6 heteroatoms. The Morgan fingerprint density at radius 1 is 1.10 bits per heavy atom. The van der Waals surface area contributed by atoms with Crippen LogP contribution in [-0.4, -0.2) is 57.2 Å². The van der Waals surface area contributed by atoms with Crippen LogP contribution in [0.3, 0.4) is 0 Å². The normalized spacial score (nSPS) is 10.2. The molecule has 1 amide bonds. The van der Waals surface area contributed by atoms with E-state index in [-0.39, 0.29) is 5.91 Å². The summed E-state index contributed by atoms with van der Waals surface area (Å²) in [7, 11) is 4.74. The number of hydrogen-bond donors (Lipinski definition) is 0. The highest BCUT2D eigenvalue weighted by Crippen LogP contribution is 2.23. The van der Waals surface area contributed by atoms with Gasteiger partial charge in [-0.2, -0.15) is 0 Å². The number of hydrogen-bond acceptors (Lipinski definition) is 4. The number of nitrogens with zero attached hydrogens (tertiary/aromatic N) is 1. The van der Waals surface area contributed by atoms with Crippen molar-refractivity contribution in [3.8, 4) is 11.5 Å². The van der Waals surface area contributed by atoms with Crippen molar-refractivity contribution in [2.45, 2.75) is 0 Å². The Morgan fingerprint density at radius 2 is 1.70 bits per heavy atom. The molecule has 0 fully saturated rings. The van der Waals surface area contributed by atoms with Gasteiger partial charge in [0.15, 0.2) is 0 Å². The summed E-state index contributed by atoms with van der Waals surface area (Å²) in [6.45, 7) is 1.65. The van der Waals surface area contributed by atoms with Gasteiger partial charge in [-0.3, -0.25) is 4.79 Å². The molecule has 0 aliphatic rings. The van der Waals surface area contributed by atoms with Crippen LogP contribution >= 0.6 is 15.9 Å². The molecule has 1 rings (SSSR count). The number of benzene rings is 1. The zero-order valence-corrected chi connectivity index (χ0v) is 13.6. The van der Waals surface area contributed by atoms with Gasteiger partial charge in [0.2, 0.25) is 0 Å². The molecule has 0 spiro atoms. The van der Waals surface area contributed by atoms with Crippen molar-refractivity contribution in [1.29, 1.82) is 0 Å². The summed E-state index contributed by atoms with van der Waals surface area (Å²) in [5.41, 5.74) is 0.540. The zero-order chi connectivity index (χ0) is 15.0. The quantitative estimate of drug-likeness (QED) is 0.677. The van der Waals surface area contributed by atoms with E-state index in [1.807, 2.05) is 0 Å². The van der Waals surface area contributed by atoms with Crippen molar-refractivity contribution in [1.82, 2.24) is 4.90 Å². The molecular weight excluding hydrogens is 326 g/mol. The Bertz CT molecular complexity index is 417. The Kier molecular flexibility index (Phi) is 7.40. The van der Waals surface area contributed by atoms with E-state index in [0.29, 0.717) is 42.1 Å². The summed E-state index contributed by atoms with van der Waals surface area (Å²) >= 11 is 3.35. The molecule has 112 valence electrons. The van der Waals surface area contributed by atoms with Crippen molar-refractivity contribution in [2.75, 3.05) is 46.4 Å². The Morgan fingerprint density at radius 3 is 2.15 bits per heavy atom. The number of amides is 1. The van der Waals surface area contributed by atoms with E-state index < -0.39 is 0 Å². The second-order valence-corrected chi connectivity index (χ2v) is 4.87. The van der Waals surface area contributed by atoms with E-state index in [1.54, 1.807) is 44.4 Å². The van der Waals surface area contributed by atoms with Crippen LogP contribution in [0, 0.1) is 0 Å². The highest BCUT2D eigenvalue weighted by atomic mass is 79.9. The molecule has 0 radical (unpaired) electrons. The predicted molar refractivity (Wildman–Crippen MR) is 81.1 cm³/mol. The van der Waals surface area contributed by atoms with Crippen LogP contribution in [-0.2, 0) is 4.74 Å². The number of alkyl halides is 1. The highest BCUT2D eigenvalue weighted by Gasteiger charge is 2.17. The van der Waals surface area contributed by atoms with Crippen LogP contribution < -0.4 is 9.47 Å². The molecule has 0 atom stereocenters. The average Bonchev–Trinajstić information content (AvgIpc) is 2.50. The maximum atomic E-state index is 12.5. The third kappa shape index (κ3) is 4.68. The third-order valence-corrected chi connectivity index (χ3v) is 3.16. The summed E-state index contributed by atoms with van der Waals surface area (Å²) in [4.78, 5) is 14.2. The van der Waals surface area contributed by atoms with Gasteiger partial charge >= 0.3 is 0 Å². The second kappa shape index (κ2) is 8.81. The minimum Gasteiger partial charge on any atom is -0.497 e. The van der Waals surface area contributed by atoms with Crippen molar-refractivity contribution >= 4 is 21.8 Å². The first-order valence-electron chi connectivity index (χ1n) is 6.23. The number of methoxy groups -OCH3 is 3. The van der Waals surface area contributed by atoms with Crippen molar-refractivity contribution in [3.05, 3.63) is 23.8 Å². The first kappa shape index (κ1) is 16.8. The monoisotopic (exact) mass is 345 g/mol. The largest absolute Gasteiger partial charge is 0.497 e. The van der Waals surface area contributed by atoms with Crippen molar-refractivity contribution < 1.29 is 19.0 Å². The molecule has 0 saturated carbocycles. The molecule has 0 heterocycles. The smallest absolute Gasteiger partial charge is 0.254 e. The highest BCUT2D eigenvalue weighted by molar-refractivity contribution is 9.09. The molecule has 1 aromatic carbocycles. The van der Waals surface area contributed by atoms with Crippen LogP contribution in [0.4, 0.5) is 0 Å². The predicted octanol–water partition coefficient (Wildman–Crippen LogP) is 2.19. The summed E-state index contributed by atoms with van der Waals surface area (Å²) in [6.07, 6.45) is 0. The van der Waals surface area contributed by atoms with E-state index in [0.717, 1.165) is 0 Å². The number of carbonyl (C=O) groups excluding carboxylic acids is 1. The molecular formula is C14H20BrNO4. The van der Waals surface area contributed by atoms with E-state index in [9.17, 15) is 4.79 Å². The number of carbonyl (C=O) groups is 1. The van der Waals surface area contributed by atoms with Gasteiger partial charge in [-0.05, 0) is 12.1 Å². The average molecular weight is 346 g/mol. The molecule has 0 aliphatic carbocycles. The molecule has 5 nitrogen and oxygen atoms in total. The molecule has 0 aliphatic heterocycles. The van der Waals surface area contributed by atoms with Crippen molar-refractivity contribution in [2.24, 2.45) is 0 Å². The van der Waals surface area contributed by atoms with Crippen LogP contribution in [0.2, 0.25) is 0 Å². The summed E-state index contributed by atoms with van der Waals surface area (Å²) < 4.78 is 15.4. The lowest BCUT2D eigenvalue weighted by molar-refractivity contribution is 0.0708. The molecule has 20 heavy (non-hydrogen) atoms. The lowest BCUT2D eigenvalue weighted by Gasteiger charge is -2.22. The number of rotatable bonds is 8. The Hall–Kier alpha value is -1.27. The minimum atomic E-state index is -0.0706. The van der Waals surface area contributed by atoms with Crippen LogP contribution in [0.5, 0.6) is 11.5 Å². The topological polar surface area (TPSA) is 48.0 Å². The van der Waals surface area contributed by atoms with Crippen LogP contribution in [0.15, 0.2) is 18.2 Å². The van der Waals surface area contributed by atoms with E-state index in [2.05, 4.69) is 15.9 Å². The lowest BCUT2D eigenvalue weighted by atomic mass is 10.1. The van der Waals surface area contributed by atoms with E-state index in [1.165, 1.54) is 0 Å². The minimum absolute atomic E-state index is 0.0706. The van der Waals surface area contributed by atoms with E-state index in [4.69, 9.17) is 14.2 Å². The van der Waals surface area contributed by atoms with Crippen LogP contribution in [0.1, 0.15) is 10.4 Å². The second-order valence-electron chi connectivity index (χ2n) is 4.08. The van der Waals surface area contributed by atoms with Gasteiger partial charge in [-0.25, -0.2) is 0 Å². The molecule has 0 saturated heterocycles. The molecule has 0 unspecified atom stereocenters. The fourth-order valence-electron chi connectivity index (χ4n) is 1.73. The van der Waals surface area contributed by atoms with Gasteiger partial charge in [0.05, 0.1) is 20.8 Å². The van der Waals surface area contributed by atoms with Crippen molar-refractivity contribution in [3.63, 3.8) is 0 Å². The molecule has 0 aromatic heterocycles.